The average Bonchev–Trinajstić information content (AvgIpc) is 2.62. The Bertz CT molecular complexity index is 740. The Hall–Kier alpha value is -2.64. The second kappa shape index (κ2) is 8.64. The summed E-state index contributed by atoms with van der Waals surface area (Å²) in [5, 5.41) is 32.8. The number of rotatable bonds is 1. The number of ketones is 1. The van der Waals surface area contributed by atoms with Gasteiger partial charge in [0.2, 0.25) is 0 Å². The maximum Gasteiger partial charge on any atom is 0.255 e. The van der Waals surface area contributed by atoms with Gasteiger partial charge in [-0.25, -0.2) is 0 Å². The summed E-state index contributed by atoms with van der Waals surface area (Å²) >= 11 is 0. The van der Waals surface area contributed by atoms with Crippen LogP contribution in [0.3, 0.4) is 0 Å². The van der Waals surface area contributed by atoms with Gasteiger partial charge in [0.05, 0.1) is 18.8 Å². The number of phenolic OH excluding ortho intramolecular Hbond substituents is 1. The number of fused-ring (bicyclic) bond motifs is 1. The molecule has 1 aliphatic heterocycles. The fourth-order valence-corrected chi connectivity index (χ4v) is 2.54. The summed E-state index contributed by atoms with van der Waals surface area (Å²) in [4.78, 5) is 24.4. The molecule has 3 atom stereocenters. The molecule has 2 rings (SSSR count). The van der Waals surface area contributed by atoms with E-state index in [1.807, 2.05) is 0 Å². The van der Waals surface area contributed by atoms with Crippen molar-refractivity contribution in [3.63, 3.8) is 0 Å². The number of benzene rings is 1. The number of carbonyl (C=O) groups excluding carboxylic acids is 2. The van der Waals surface area contributed by atoms with Crippen LogP contribution in [0.1, 0.15) is 29.3 Å². The predicted octanol–water partition coefficient (Wildman–Crippen LogP) is 1.03. The van der Waals surface area contributed by atoms with Gasteiger partial charge in [0.1, 0.15) is 17.6 Å². The van der Waals surface area contributed by atoms with Gasteiger partial charge >= 0.3 is 0 Å². The highest BCUT2D eigenvalue weighted by atomic mass is 16.5. The largest absolute Gasteiger partial charge is 0.507 e. The molecular formula is C19H23NO6. The Kier molecular flexibility index (Phi) is 6.54. The van der Waals surface area contributed by atoms with Crippen LogP contribution in [-0.2, 0) is 4.79 Å². The first-order valence-corrected chi connectivity index (χ1v) is 8.27. The fraction of sp³-hybridized carbons (Fsp3) is 0.368. The minimum Gasteiger partial charge on any atom is -0.507 e. The lowest BCUT2D eigenvalue weighted by atomic mass is 10.0. The van der Waals surface area contributed by atoms with Crippen molar-refractivity contribution in [1.82, 2.24) is 5.32 Å². The van der Waals surface area contributed by atoms with Gasteiger partial charge in [-0.2, -0.15) is 0 Å². The first-order chi connectivity index (χ1) is 12.3. The highest BCUT2D eigenvalue weighted by Crippen LogP contribution is 2.29. The highest BCUT2D eigenvalue weighted by Gasteiger charge is 2.22. The van der Waals surface area contributed by atoms with Gasteiger partial charge in [0.25, 0.3) is 5.91 Å². The minimum atomic E-state index is -1.53. The average molecular weight is 361 g/mol. The number of methoxy groups -OCH3 is 1. The zero-order chi connectivity index (χ0) is 19.3. The molecule has 0 aromatic heterocycles. The summed E-state index contributed by atoms with van der Waals surface area (Å²) in [6.07, 6.45) is 2.99. The number of aliphatic hydroxyl groups excluding tert-OH is 2. The fourth-order valence-electron chi connectivity index (χ4n) is 2.54. The number of phenols is 1. The monoisotopic (exact) mass is 361 g/mol. The maximum atomic E-state index is 12.5. The van der Waals surface area contributed by atoms with Crippen LogP contribution in [0.4, 0.5) is 0 Å². The summed E-state index contributed by atoms with van der Waals surface area (Å²) in [7, 11) is 1.44. The number of aromatic hydroxyl groups is 1. The van der Waals surface area contributed by atoms with E-state index in [0.29, 0.717) is 11.3 Å². The SMILES string of the molecule is COc1cc(O)c2c(c1)/C=C/C[C@H](O)[C@H](O)C(=O)/C=C\[C@@H](C)CNC2=O. The number of ether oxygens (including phenoxy) is 1. The molecule has 1 aromatic carbocycles. The summed E-state index contributed by atoms with van der Waals surface area (Å²) in [5.74, 6) is -1.11. The summed E-state index contributed by atoms with van der Waals surface area (Å²) in [6, 6.07) is 2.92. The highest BCUT2D eigenvalue weighted by molar-refractivity contribution is 6.00. The molecule has 7 heteroatoms. The molecule has 0 unspecified atom stereocenters. The van der Waals surface area contributed by atoms with E-state index in [1.54, 1.807) is 19.1 Å². The Morgan fingerprint density at radius 3 is 2.62 bits per heavy atom. The van der Waals surface area contributed by atoms with E-state index < -0.39 is 23.9 Å². The third-order valence-corrected chi connectivity index (χ3v) is 4.09. The molecule has 0 saturated heterocycles. The van der Waals surface area contributed by atoms with Crippen molar-refractivity contribution in [3.05, 3.63) is 41.5 Å². The molecule has 26 heavy (non-hydrogen) atoms. The Balaban J connectivity index is 2.44. The molecule has 0 radical (unpaired) electrons. The second-order valence-electron chi connectivity index (χ2n) is 6.21. The standard InChI is InChI=1S/C19H23NO6/c1-11-6-7-15(22)18(24)14(21)5-3-4-12-8-13(26-2)9-16(23)17(12)19(25)20-10-11/h3-4,6-9,11,14,18,21,23-24H,5,10H2,1-2H3,(H,20,25)/b4-3+,7-6-/t11-,14+,18+/m1/s1. The van der Waals surface area contributed by atoms with Gasteiger partial charge in [-0.05, 0) is 30.0 Å². The van der Waals surface area contributed by atoms with Gasteiger partial charge in [0.15, 0.2) is 5.78 Å². The van der Waals surface area contributed by atoms with Gasteiger partial charge in [-0.15, -0.1) is 0 Å². The van der Waals surface area contributed by atoms with E-state index in [4.69, 9.17) is 4.74 Å². The molecule has 0 spiro atoms. The van der Waals surface area contributed by atoms with Crippen LogP contribution in [0.25, 0.3) is 6.08 Å². The number of hydrogen-bond donors (Lipinski definition) is 4. The number of hydrogen-bond acceptors (Lipinski definition) is 6. The van der Waals surface area contributed by atoms with Crippen molar-refractivity contribution in [2.45, 2.75) is 25.6 Å². The lowest BCUT2D eigenvalue weighted by molar-refractivity contribution is -0.127. The molecule has 1 aliphatic rings. The molecule has 0 bridgehead atoms. The van der Waals surface area contributed by atoms with Crippen molar-refractivity contribution in [2.75, 3.05) is 13.7 Å². The second-order valence-corrected chi connectivity index (χ2v) is 6.21. The smallest absolute Gasteiger partial charge is 0.255 e. The molecule has 0 fully saturated rings. The molecule has 7 nitrogen and oxygen atoms in total. The maximum absolute atomic E-state index is 12.5. The molecule has 1 heterocycles. The van der Waals surface area contributed by atoms with Crippen LogP contribution in [0.5, 0.6) is 11.5 Å². The lowest BCUT2D eigenvalue weighted by Gasteiger charge is -2.16. The zero-order valence-electron chi connectivity index (χ0n) is 14.7. The van der Waals surface area contributed by atoms with Gasteiger partial charge in [-0.3, -0.25) is 9.59 Å². The summed E-state index contributed by atoms with van der Waals surface area (Å²) in [5.41, 5.74) is 0.481. The van der Waals surface area contributed by atoms with E-state index in [0.717, 1.165) is 0 Å². The third-order valence-electron chi connectivity index (χ3n) is 4.09. The topological polar surface area (TPSA) is 116 Å². The van der Waals surface area contributed by atoms with Crippen LogP contribution in [0.2, 0.25) is 0 Å². The van der Waals surface area contributed by atoms with E-state index >= 15 is 0 Å². The number of carbonyl (C=O) groups is 2. The van der Waals surface area contributed by atoms with E-state index in [2.05, 4.69) is 5.32 Å². The van der Waals surface area contributed by atoms with Gasteiger partial charge < -0.3 is 25.4 Å². The number of amides is 1. The zero-order valence-corrected chi connectivity index (χ0v) is 14.7. The Labute approximate surface area is 151 Å². The molecule has 0 saturated carbocycles. The number of aliphatic hydroxyl groups is 2. The molecular weight excluding hydrogens is 338 g/mol. The number of nitrogens with one attached hydrogen (secondary N) is 1. The van der Waals surface area contributed by atoms with Crippen LogP contribution in [0, 0.1) is 5.92 Å². The van der Waals surface area contributed by atoms with Gasteiger partial charge in [-0.1, -0.05) is 25.2 Å². The first-order valence-electron chi connectivity index (χ1n) is 8.27. The third kappa shape index (κ3) is 4.71. The predicted molar refractivity (Wildman–Crippen MR) is 96.0 cm³/mol. The molecule has 1 aromatic rings. The van der Waals surface area contributed by atoms with Gasteiger partial charge in [0, 0.05) is 12.6 Å². The molecule has 140 valence electrons. The van der Waals surface area contributed by atoms with Crippen molar-refractivity contribution in [1.29, 1.82) is 0 Å². The summed E-state index contributed by atoms with van der Waals surface area (Å²) in [6.45, 7) is 2.02. The minimum absolute atomic E-state index is 0.00463. The van der Waals surface area contributed by atoms with Crippen LogP contribution in [-0.4, -0.2) is 52.9 Å². The molecule has 4 N–H and O–H groups in total. The molecule has 1 amide bonds. The quantitative estimate of drug-likeness (QED) is 0.594. The lowest BCUT2D eigenvalue weighted by Crippen LogP contribution is -2.33. The Morgan fingerprint density at radius 1 is 1.19 bits per heavy atom. The van der Waals surface area contributed by atoms with E-state index in [-0.39, 0.29) is 30.2 Å². The van der Waals surface area contributed by atoms with Crippen LogP contribution < -0.4 is 10.1 Å². The summed E-state index contributed by atoms with van der Waals surface area (Å²) < 4.78 is 5.11. The van der Waals surface area contributed by atoms with E-state index in [9.17, 15) is 24.9 Å². The van der Waals surface area contributed by atoms with Crippen molar-refractivity contribution in [3.8, 4) is 11.5 Å². The van der Waals surface area contributed by atoms with Crippen molar-refractivity contribution < 1.29 is 29.6 Å². The Morgan fingerprint density at radius 2 is 1.92 bits per heavy atom. The van der Waals surface area contributed by atoms with Crippen molar-refractivity contribution >= 4 is 17.8 Å². The molecule has 0 aliphatic carbocycles. The van der Waals surface area contributed by atoms with Crippen LogP contribution >= 0.6 is 0 Å². The first kappa shape index (κ1) is 19.7. The van der Waals surface area contributed by atoms with Crippen LogP contribution in [0.15, 0.2) is 30.4 Å². The van der Waals surface area contributed by atoms with Crippen molar-refractivity contribution in [2.24, 2.45) is 5.92 Å². The normalized spacial score (nSPS) is 27.0. The van der Waals surface area contributed by atoms with E-state index in [1.165, 1.54) is 31.4 Å².